The van der Waals surface area contributed by atoms with E-state index in [0.29, 0.717) is 0 Å². The van der Waals surface area contributed by atoms with Crippen molar-refractivity contribution >= 4 is 49.8 Å². The molecular formula is C52H35NO. The van der Waals surface area contributed by atoms with E-state index in [1.165, 1.54) is 44.2 Å². The van der Waals surface area contributed by atoms with Gasteiger partial charge in [0.15, 0.2) is 0 Å². The third-order valence-electron chi connectivity index (χ3n) is 10.5. The zero-order chi connectivity index (χ0) is 35.8. The summed E-state index contributed by atoms with van der Waals surface area (Å²) in [6.07, 6.45) is 0. The Morgan fingerprint density at radius 3 is 1.65 bits per heavy atom. The molecule has 0 spiro atoms. The van der Waals surface area contributed by atoms with Crippen LogP contribution in [0.2, 0.25) is 0 Å². The highest BCUT2D eigenvalue weighted by Crippen LogP contribution is 2.44. The molecule has 54 heavy (non-hydrogen) atoms. The molecule has 0 aliphatic rings. The van der Waals surface area contributed by atoms with Gasteiger partial charge in [-0.1, -0.05) is 170 Å². The largest absolute Gasteiger partial charge is 0.455 e. The number of para-hydroxylation sites is 2. The minimum atomic E-state index is 0.900. The maximum absolute atomic E-state index is 6.50. The van der Waals surface area contributed by atoms with Crippen molar-refractivity contribution < 1.29 is 4.42 Å². The number of fused-ring (bicyclic) bond motifs is 4. The lowest BCUT2D eigenvalue weighted by Gasteiger charge is -2.28. The molecule has 0 amide bonds. The van der Waals surface area contributed by atoms with E-state index < -0.39 is 0 Å². The van der Waals surface area contributed by atoms with E-state index in [-0.39, 0.29) is 0 Å². The second-order valence-electron chi connectivity index (χ2n) is 13.7. The molecule has 10 rings (SSSR count). The van der Waals surface area contributed by atoms with Crippen LogP contribution in [0.4, 0.5) is 17.1 Å². The van der Waals surface area contributed by atoms with Crippen LogP contribution in [-0.4, -0.2) is 0 Å². The first kappa shape index (κ1) is 31.6. The molecule has 254 valence electrons. The summed E-state index contributed by atoms with van der Waals surface area (Å²) in [5, 5.41) is 4.65. The SMILES string of the molecule is c1ccc(-c2cccc(-c3ccc(N(c4cccc(-c5cccc6c5oc5ccccc56)c4)c4ccc(-c5ccccc5)c5ccccc45)cc3)c2)cc1. The van der Waals surface area contributed by atoms with E-state index in [4.69, 9.17) is 4.42 Å². The first-order chi connectivity index (χ1) is 26.8. The molecule has 1 aromatic heterocycles. The van der Waals surface area contributed by atoms with E-state index in [1.807, 2.05) is 12.1 Å². The van der Waals surface area contributed by atoms with Crippen molar-refractivity contribution in [2.45, 2.75) is 0 Å². The molecule has 0 aliphatic carbocycles. The fourth-order valence-corrected chi connectivity index (χ4v) is 7.87. The van der Waals surface area contributed by atoms with Crippen molar-refractivity contribution in [1.82, 2.24) is 0 Å². The summed E-state index contributed by atoms with van der Waals surface area (Å²) >= 11 is 0. The standard InChI is InChI=1S/C52H35NO/c1-3-14-36(15-4-1)39-18-11-19-40(34-39)37-28-30-42(31-29-37)53(50-33-32-44(38-16-5-2-6-17-38)46-22-7-8-23-47(46)50)43-21-12-20-41(35-43)45-25-13-26-49-48-24-9-10-27-51(48)54-52(45)49/h1-35H. The van der Waals surface area contributed by atoms with Crippen LogP contribution in [0.3, 0.4) is 0 Å². The Balaban J connectivity index is 1.13. The summed E-state index contributed by atoms with van der Waals surface area (Å²) < 4.78 is 6.50. The zero-order valence-corrected chi connectivity index (χ0v) is 29.6. The van der Waals surface area contributed by atoms with Crippen LogP contribution < -0.4 is 4.90 Å². The number of furan rings is 1. The minimum Gasteiger partial charge on any atom is -0.455 e. The van der Waals surface area contributed by atoms with Crippen molar-refractivity contribution in [2.75, 3.05) is 4.90 Å². The van der Waals surface area contributed by atoms with Gasteiger partial charge in [-0.25, -0.2) is 0 Å². The van der Waals surface area contributed by atoms with E-state index >= 15 is 0 Å². The summed E-state index contributed by atoms with van der Waals surface area (Å²) in [5.74, 6) is 0. The van der Waals surface area contributed by atoms with Crippen LogP contribution in [-0.2, 0) is 0 Å². The van der Waals surface area contributed by atoms with E-state index in [0.717, 1.165) is 50.1 Å². The van der Waals surface area contributed by atoms with Crippen molar-refractivity contribution in [3.8, 4) is 44.5 Å². The van der Waals surface area contributed by atoms with Gasteiger partial charge in [-0.2, -0.15) is 0 Å². The van der Waals surface area contributed by atoms with Gasteiger partial charge in [0.25, 0.3) is 0 Å². The molecule has 0 N–H and O–H groups in total. The van der Waals surface area contributed by atoms with E-state index in [1.54, 1.807) is 0 Å². The van der Waals surface area contributed by atoms with Gasteiger partial charge in [0.1, 0.15) is 11.2 Å². The second-order valence-corrected chi connectivity index (χ2v) is 13.7. The smallest absolute Gasteiger partial charge is 0.143 e. The molecule has 2 heteroatoms. The Morgan fingerprint density at radius 1 is 0.296 bits per heavy atom. The van der Waals surface area contributed by atoms with Gasteiger partial charge in [0.2, 0.25) is 0 Å². The summed E-state index contributed by atoms with van der Waals surface area (Å²) in [4.78, 5) is 2.39. The minimum absolute atomic E-state index is 0.900. The van der Waals surface area contributed by atoms with Crippen molar-refractivity contribution in [1.29, 1.82) is 0 Å². The van der Waals surface area contributed by atoms with Crippen LogP contribution in [0.25, 0.3) is 77.2 Å². The molecule has 0 saturated carbocycles. The van der Waals surface area contributed by atoms with Crippen molar-refractivity contribution in [3.63, 3.8) is 0 Å². The maximum Gasteiger partial charge on any atom is 0.143 e. The number of rotatable bonds is 7. The highest BCUT2D eigenvalue weighted by molar-refractivity contribution is 6.10. The zero-order valence-electron chi connectivity index (χ0n) is 29.6. The quantitative estimate of drug-likeness (QED) is 0.166. The Kier molecular flexibility index (Phi) is 7.85. The molecule has 9 aromatic carbocycles. The van der Waals surface area contributed by atoms with Gasteiger partial charge in [-0.15, -0.1) is 0 Å². The number of benzene rings is 9. The molecule has 0 saturated heterocycles. The summed E-state index contributed by atoms with van der Waals surface area (Å²) in [6, 6.07) is 75.9. The Hall–Kier alpha value is -7.16. The van der Waals surface area contributed by atoms with Crippen molar-refractivity contribution in [2.24, 2.45) is 0 Å². The van der Waals surface area contributed by atoms with Crippen LogP contribution >= 0.6 is 0 Å². The molecule has 2 nitrogen and oxygen atoms in total. The molecule has 0 aliphatic heterocycles. The summed E-state index contributed by atoms with van der Waals surface area (Å²) in [5.41, 5.74) is 14.4. The van der Waals surface area contributed by atoms with Crippen LogP contribution in [0.15, 0.2) is 217 Å². The average molecular weight is 690 g/mol. The van der Waals surface area contributed by atoms with Gasteiger partial charge in [0, 0.05) is 33.1 Å². The number of nitrogens with zero attached hydrogens (tertiary/aromatic N) is 1. The molecule has 10 aromatic rings. The average Bonchev–Trinajstić information content (AvgIpc) is 3.64. The lowest BCUT2D eigenvalue weighted by molar-refractivity contribution is 0.670. The first-order valence-electron chi connectivity index (χ1n) is 18.4. The van der Waals surface area contributed by atoms with Gasteiger partial charge < -0.3 is 9.32 Å². The lowest BCUT2D eigenvalue weighted by atomic mass is 9.96. The normalized spacial score (nSPS) is 11.3. The van der Waals surface area contributed by atoms with Gasteiger partial charge in [-0.05, 0) is 86.8 Å². The summed E-state index contributed by atoms with van der Waals surface area (Å²) in [6.45, 7) is 0. The third-order valence-corrected chi connectivity index (χ3v) is 10.5. The molecular weight excluding hydrogens is 655 g/mol. The Bertz CT molecular complexity index is 2920. The van der Waals surface area contributed by atoms with Crippen LogP contribution in [0.5, 0.6) is 0 Å². The van der Waals surface area contributed by atoms with Crippen molar-refractivity contribution in [3.05, 3.63) is 212 Å². The maximum atomic E-state index is 6.50. The van der Waals surface area contributed by atoms with Crippen LogP contribution in [0.1, 0.15) is 0 Å². The number of hydrogen-bond acceptors (Lipinski definition) is 2. The van der Waals surface area contributed by atoms with Gasteiger partial charge >= 0.3 is 0 Å². The molecule has 0 unspecified atom stereocenters. The number of hydrogen-bond donors (Lipinski definition) is 0. The highest BCUT2D eigenvalue weighted by atomic mass is 16.3. The highest BCUT2D eigenvalue weighted by Gasteiger charge is 2.19. The predicted molar refractivity (Wildman–Crippen MR) is 228 cm³/mol. The topological polar surface area (TPSA) is 16.4 Å². The van der Waals surface area contributed by atoms with Crippen LogP contribution in [0, 0.1) is 0 Å². The fourth-order valence-electron chi connectivity index (χ4n) is 7.87. The second kappa shape index (κ2) is 13.4. The molecule has 0 bridgehead atoms. The molecule has 0 radical (unpaired) electrons. The first-order valence-corrected chi connectivity index (χ1v) is 18.4. The predicted octanol–water partition coefficient (Wildman–Crippen LogP) is 14.9. The van der Waals surface area contributed by atoms with Gasteiger partial charge in [-0.3, -0.25) is 0 Å². The number of anilines is 3. The summed E-state index contributed by atoms with van der Waals surface area (Å²) in [7, 11) is 0. The molecule has 0 atom stereocenters. The Morgan fingerprint density at radius 2 is 0.870 bits per heavy atom. The van der Waals surface area contributed by atoms with E-state index in [2.05, 4.69) is 205 Å². The van der Waals surface area contributed by atoms with E-state index in [9.17, 15) is 0 Å². The van der Waals surface area contributed by atoms with Gasteiger partial charge in [0.05, 0.1) is 5.69 Å². The third kappa shape index (κ3) is 5.62. The lowest BCUT2D eigenvalue weighted by Crippen LogP contribution is -2.10. The molecule has 1 heterocycles. The Labute approximate surface area is 314 Å². The fraction of sp³-hybridized carbons (Fsp3) is 0. The monoisotopic (exact) mass is 689 g/mol. The molecule has 0 fully saturated rings.